The molecule has 0 aliphatic carbocycles. The van der Waals surface area contributed by atoms with Gasteiger partial charge in [0.25, 0.3) is 11.6 Å². The number of nitrogens with zero attached hydrogens (tertiary/aromatic N) is 2. The number of amides is 1. The van der Waals surface area contributed by atoms with E-state index in [0.29, 0.717) is 10.1 Å². The van der Waals surface area contributed by atoms with Gasteiger partial charge in [-0.05, 0) is 53.6 Å². The van der Waals surface area contributed by atoms with Crippen molar-refractivity contribution < 1.29 is 9.72 Å². The summed E-state index contributed by atoms with van der Waals surface area (Å²) in [7, 11) is 0. The largest absolute Gasteiger partial charge is 0.300 e. The average molecular weight is 353 g/mol. The second-order valence-corrected chi connectivity index (χ2v) is 6.34. The summed E-state index contributed by atoms with van der Waals surface area (Å²) in [5, 5.41) is 14.0. The monoisotopic (exact) mass is 353 g/mol. The zero-order chi connectivity index (χ0) is 17.8. The molecular weight excluding hydrogens is 338 g/mol. The first-order valence-corrected chi connectivity index (χ1v) is 8.50. The molecule has 1 N–H and O–H groups in total. The summed E-state index contributed by atoms with van der Waals surface area (Å²) in [6.45, 7) is 2.05. The molecule has 0 spiro atoms. The minimum Gasteiger partial charge on any atom is -0.300 e. The number of amidine groups is 1. The van der Waals surface area contributed by atoms with Gasteiger partial charge in [0.15, 0.2) is 5.17 Å². The van der Waals surface area contributed by atoms with Crippen molar-refractivity contribution in [2.45, 2.75) is 13.3 Å². The SMILES string of the molecule is CCc1ccccc1N=C1NC(=O)/C(=C/c2ccc([N+](=O)[O-])cc2)S1. The summed E-state index contributed by atoms with van der Waals surface area (Å²) < 4.78 is 0. The number of thioether (sulfide) groups is 1. The molecule has 2 aromatic carbocycles. The van der Waals surface area contributed by atoms with Crippen LogP contribution in [-0.2, 0) is 11.2 Å². The van der Waals surface area contributed by atoms with Gasteiger partial charge in [-0.25, -0.2) is 4.99 Å². The Hall–Kier alpha value is -2.93. The van der Waals surface area contributed by atoms with Gasteiger partial charge in [0.2, 0.25) is 0 Å². The Morgan fingerprint density at radius 2 is 1.92 bits per heavy atom. The van der Waals surface area contributed by atoms with E-state index >= 15 is 0 Å². The highest BCUT2D eigenvalue weighted by molar-refractivity contribution is 8.18. The molecular formula is C18H15N3O3S. The highest BCUT2D eigenvalue weighted by Gasteiger charge is 2.24. The molecule has 7 heteroatoms. The van der Waals surface area contributed by atoms with Crippen molar-refractivity contribution in [1.29, 1.82) is 0 Å². The van der Waals surface area contributed by atoms with Crippen molar-refractivity contribution in [3.8, 4) is 0 Å². The number of carbonyl (C=O) groups is 1. The van der Waals surface area contributed by atoms with E-state index in [1.807, 2.05) is 24.3 Å². The first kappa shape index (κ1) is 16.9. The van der Waals surface area contributed by atoms with E-state index in [0.717, 1.165) is 23.2 Å². The Balaban J connectivity index is 1.82. The molecule has 0 unspecified atom stereocenters. The van der Waals surface area contributed by atoms with Gasteiger partial charge in [0.05, 0.1) is 15.5 Å². The maximum Gasteiger partial charge on any atom is 0.269 e. The lowest BCUT2D eigenvalue weighted by Gasteiger charge is -2.02. The molecule has 25 heavy (non-hydrogen) atoms. The number of aliphatic imine (C=N–C) groups is 1. The molecule has 0 atom stereocenters. The van der Waals surface area contributed by atoms with Crippen LogP contribution in [0.15, 0.2) is 58.4 Å². The van der Waals surface area contributed by atoms with Crippen LogP contribution in [0.4, 0.5) is 11.4 Å². The minimum atomic E-state index is -0.454. The van der Waals surface area contributed by atoms with Gasteiger partial charge in [-0.3, -0.25) is 14.9 Å². The minimum absolute atomic E-state index is 0.0177. The number of para-hydroxylation sites is 1. The molecule has 0 bridgehead atoms. The number of hydrogen-bond acceptors (Lipinski definition) is 5. The van der Waals surface area contributed by atoms with Crippen molar-refractivity contribution >= 4 is 40.3 Å². The Morgan fingerprint density at radius 1 is 1.20 bits per heavy atom. The van der Waals surface area contributed by atoms with Crippen LogP contribution in [0.3, 0.4) is 0 Å². The zero-order valence-corrected chi connectivity index (χ0v) is 14.2. The quantitative estimate of drug-likeness (QED) is 0.510. The van der Waals surface area contributed by atoms with Crippen molar-refractivity contribution in [2.24, 2.45) is 4.99 Å². The van der Waals surface area contributed by atoms with E-state index in [2.05, 4.69) is 17.2 Å². The van der Waals surface area contributed by atoms with E-state index < -0.39 is 4.92 Å². The lowest BCUT2D eigenvalue weighted by Crippen LogP contribution is -2.19. The molecule has 0 saturated carbocycles. The van der Waals surface area contributed by atoms with Crippen LogP contribution in [-0.4, -0.2) is 16.0 Å². The van der Waals surface area contributed by atoms with Gasteiger partial charge < -0.3 is 5.32 Å². The van der Waals surface area contributed by atoms with Crippen LogP contribution in [0.5, 0.6) is 0 Å². The van der Waals surface area contributed by atoms with Crippen LogP contribution < -0.4 is 5.32 Å². The van der Waals surface area contributed by atoms with Crippen LogP contribution in [0, 0.1) is 10.1 Å². The van der Waals surface area contributed by atoms with Gasteiger partial charge in [-0.15, -0.1) is 0 Å². The van der Waals surface area contributed by atoms with Crippen molar-refractivity contribution in [3.05, 3.63) is 74.7 Å². The van der Waals surface area contributed by atoms with Crippen LogP contribution in [0.2, 0.25) is 0 Å². The van der Waals surface area contributed by atoms with E-state index in [1.54, 1.807) is 18.2 Å². The van der Waals surface area contributed by atoms with E-state index in [9.17, 15) is 14.9 Å². The lowest BCUT2D eigenvalue weighted by molar-refractivity contribution is -0.384. The number of nitrogens with one attached hydrogen (secondary N) is 1. The molecule has 1 heterocycles. The number of nitro groups is 1. The van der Waals surface area contributed by atoms with Crippen molar-refractivity contribution in [3.63, 3.8) is 0 Å². The fourth-order valence-electron chi connectivity index (χ4n) is 2.35. The number of hydrogen-bond donors (Lipinski definition) is 1. The van der Waals surface area contributed by atoms with Gasteiger partial charge in [-0.1, -0.05) is 25.1 Å². The van der Waals surface area contributed by atoms with Crippen molar-refractivity contribution in [1.82, 2.24) is 5.32 Å². The Kier molecular flexibility index (Phi) is 4.95. The fraction of sp³-hybridized carbons (Fsp3) is 0.111. The number of aryl methyl sites for hydroxylation is 1. The highest BCUT2D eigenvalue weighted by atomic mass is 32.2. The maximum atomic E-state index is 12.1. The summed E-state index contributed by atoms with van der Waals surface area (Å²) >= 11 is 1.25. The second-order valence-electron chi connectivity index (χ2n) is 5.31. The number of nitro benzene ring substituents is 1. The normalized spacial score (nSPS) is 17.1. The molecule has 0 aromatic heterocycles. The molecule has 2 aromatic rings. The smallest absolute Gasteiger partial charge is 0.269 e. The Morgan fingerprint density at radius 3 is 2.60 bits per heavy atom. The second kappa shape index (κ2) is 7.31. The maximum absolute atomic E-state index is 12.1. The van der Waals surface area contributed by atoms with Gasteiger partial charge in [0.1, 0.15) is 0 Å². The number of carbonyl (C=O) groups excluding carboxylic acids is 1. The first-order valence-electron chi connectivity index (χ1n) is 7.69. The zero-order valence-electron chi connectivity index (χ0n) is 13.4. The number of benzene rings is 2. The van der Waals surface area contributed by atoms with E-state index in [4.69, 9.17) is 0 Å². The summed E-state index contributed by atoms with van der Waals surface area (Å²) in [6.07, 6.45) is 2.55. The molecule has 3 rings (SSSR count). The van der Waals surface area contributed by atoms with Gasteiger partial charge in [0, 0.05) is 12.1 Å². The van der Waals surface area contributed by atoms with E-state index in [1.165, 1.54) is 23.9 Å². The third-order valence-electron chi connectivity index (χ3n) is 3.65. The number of non-ortho nitro benzene ring substituents is 1. The van der Waals surface area contributed by atoms with Crippen LogP contribution >= 0.6 is 11.8 Å². The van der Waals surface area contributed by atoms with Gasteiger partial charge in [-0.2, -0.15) is 0 Å². The molecule has 1 amide bonds. The first-order chi connectivity index (χ1) is 12.1. The lowest BCUT2D eigenvalue weighted by atomic mass is 10.1. The van der Waals surface area contributed by atoms with Crippen LogP contribution in [0.25, 0.3) is 6.08 Å². The predicted molar refractivity (Wildman–Crippen MR) is 99.7 cm³/mol. The molecule has 1 aliphatic heterocycles. The summed E-state index contributed by atoms with van der Waals surface area (Å²) in [5.41, 5.74) is 2.68. The third kappa shape index (κ3) is 3.95. The standard InChI is InChI=1S/C18H15N3O3S/c1-2-13-5-3-4-6-15(13)19-18-20-17(22)16(25-18)11-12-7-9-14(10-8-12)21(23)24/h3-11H,2H2,1H3,(H,19,20,22)/b16-11-. The summed E-state index contributed by atoms with van der Waals surface area (Å²) in [6, 6.07) is 13.8. The number of rotatable bonds is 4. The van der Waals surface area contributed by atoms with E-state index in [-0.39, 0.29) is 11.6 Å². The molecule has 1 fully saturated rings. The Bertz CT molecular complexity index is 889. The molecule has 6 nitrogen and oxygen atoms in total. The third-order valence-corrected chi connectivity index (χ3v) is 4.56. The summed E-state index contributed by atoms with van der Waals surface area (Å²) in [4.78, 5) is 27.4. The molecule has 126 valence electrons. The summed E-state index contributed by atoms with van der Waals surface area (Å²) in [5.74, 6) is -0.226. The Labute approximate surface area is 148 Å². The molecule has 1 saturated heterocycles. The van der Waals surface area contributed by atoms with Crippen molar-refractivity contribution in [2.75, 3.05) is 0 Å². The van der Waals surface area contributed by atoms with Crippen LogP contribution in [0.1, 0.15) is 18.1 Å². The highest BCUT2D eigenvalue weighted by Crippen LogP contribution is 2.29. The average Bonchev–Trinajstić information content (AvgIpc) is 2.95. The van der Waals surface area contributed by atoms with Gasteiger partial charge >= 0.3 is 0 Å². The molecule has 1 aliphatic rings. The predicted octanol–water partition coefficient (Wildman–Crippen LogP) is 4.05. The molecule has 0 radical (unpaired) electrons. The topological polar surface area (TPSA) is 84.6 Å². The fourth-order valence-corrected chi connectivity index (χ4v) is 3.19.